The standard InChI is InChI=1S/C11H24N2/c1-5-7-11(3)13(4)10-9-12-8-6-2/h12H,3,5-10H2,1-2,4H3. The van der Waals surface area contributed by atoms with Crippen molar-refractivity contribution >= 4 is 0 Å². The highest BCUT2D eigenvalue weighted by Crippen LogP contribution is 2.04. The topological polar surface area (TPSA) is 15.3 Å². The minimum absolute atomic E-state index is 1.06. The van der Waals surface area contributed by atoms with Gasteiger partial charge in [0.05, 0.1) is 0 Å². The maximum atomic E-state index is 4.04. The van der Waals surface area contributed by atoms with E-state index in [0.717, 1.165) is 26.1 Å². The van der Waals surface area contributed by atoms with Crippen molar-refractivity contribution in [2.24, 2.45) is 0 Å². The first kappa shape index (κ1) is 12.5. The molecule has 13 heavy (non-hydrogen) atoms. The van der Waals surface area contributed by atoms with Crippen LogP contribution in [0.2, 0.25) is 0 Å². The van der Waals surface area contributed by atoms with Crippen LogP contribution in [0.4, 0.5) is 0 Å². The van der Waals surface area contributed by atoms with Crippen LogP contribution in [0.15, 0.2) is 12.3 Å². The van der Waals surface area contributed by atoms with Gasteiger partial charge >= 0.3 is 0 Å². The average Bonchev–Trinajstić information content (AvgIpc) is 2.12. The van der Waals surface area contributed by atoms with Crippen LogP contribution in [0.3, 0.4) is 0 Å². The lowest BCUT2D eigenvalue weighted by Crippen LogP contribution is -2.28. The average molecular weight is 184 g/mol. The number of nitrogens with zero attached hydrogens (tertiary/aromatic N) is 1. The Kier molecular flexibility index (Phi) is 7.80. The molecule has 0 atom stereocenters. The Balaban J connectivity index is 3.38. The first-order valence-corrected chi connectivity index (χ1v) is 5.32. The smallest absolute Gasteiger partial charge is 0.0296 e. The molecule has 0 saturated heterocycles. The number of hydrogen-bond acceptors (Lipinski definition) is 2. The summed E-state index contributed by atoms with van der Waals surface area (Å²) in [7, 11) is 2.12. The number of allylic oxidation sites excluding steroid dienone is 1. The highest BCUT2D eigenvalue weighted by atomic mass is 15.1. The summed E-state index contributed by atoms with van der Waals surface area (Å²) in [6.07, 6.45) is 3.51. The lowest BCUT2D eigenvalue weighted by atomic mass is 10.2. The quantitative estimate of drug-likeness (QED) is 0.582. The van der Waals surface area contributed by atoms with Crippen molar-refractivity contribution in [2.75, 3.05) is 26.7 Å². The Hall–Kier alpha value is -0.500. The maximum Gasteiger partial charge on any atom is 0.0296 e. The largest absolute Gasteiger partial charge is 0.377 e. The fourth-order valence-electron chi connectivity index (χ4n) is 1.19. The van der Waals surface area contributed by atoms with Crippen LogP contribution in [-0.2, 0) is 0 Å². The molecular weight excluding hydrogens is 160 g/mol. The fraction of sp³-hybridized carbons (Fsp3) is 0.818. The van der Waals surface area contributed by atoms with Gasteiger partial charge in [0, 0.05) is 25.8 Å². The molecule has 1 N–H and O–H groups in total. The minimum atomic E-state index is 1.06. The molecule has 0 saturated carbocycles. The van der Waals surface area contributed by atoms with E-state index in [-0.39, 0.29) is 0 Å². The van der Waals surface area contributed by atoms with E-state index in [1.165, 1.54) is 18.5 Å². The Labute approximate surface area is 83.0 Å². The van der Waals surface area contributed by atoms with E-state index in [1.54, 1.807) is 0 Å². The fourth-order valence-corrected chi connectivity index (χ4v) is 1.19. The summed E-state index contributed by atoms with van der Waals surface area (Å²) in [5, 5.41) is 3.38. The molecule has 0 aliphatic rings. The maximum absolute atomic E-state index is 4.04. The van der Waals surface area contributed by atoms with Gasteiger partial charge in [0.2, 0.25) is 0 Å². The number of hydrogen-bond donors (Lipinski definition) is 1. The second-order valence-electron chi connectivity index (χ2n) is 3.49. The van der Waals surface area contributed by atoms with Crippen LogP contribution in [0.1, 0.15) is 33.1 Å². The van der Waals surface area contributed by atoms with Crippen molar-refractivity contribution in [1.29, 1.82) is 0 Å². The van der Waals surface area contributed by atoms with E-state index in [4.69, 9.17) is 0 Å². The molecule has 0 unspecified atom stereocenters. The summed E-state index contributed by atoms with van der Waals surface area (Å²) in [6.45, 7) is 11.7. The van der Waals surface area contributed by atoms with Crippen molar-refractivity contribution in [1.82, 2.24) is 10.2 Å². The van der Waals surface area contributed by atoms with Crippen LogP contribution in [-0.4, -0.2) is 31.6 Å². The summed E-state index contributed by atoms with van der Waals surface area (Å²) < 4.78 is 0. The molecule has 0 aliphatic heterocycles. The van der Waals surface area contributed by atoms with Crippen LogP contribution < -0.4 is 5.32 Å². The molecule has 0 aromatic heterocycles. The molecule has 0 radical (unpaired) electrons. The van der Waals surface area contributed by atoms with E-state index in [1.807, 2.05) is 0 Å². The van der Waals surface area contributed by atoms with Gasteiger partial charge in [0.1, 0.15) is 0 Å². The van der Waals surface area contributed by atoms with E-state index in [0.29, 0.717) is 0 Å². The molecule has 0 aromatic carbocycles. The van der Waals surface area contributed by atoms with Gasteiger partial charge in [-0.3, -0.25) is 0 Å². The van der Waals surface area contributed by atoms with Crippen LogP contribution in [0.5, 0.6) is 0 Å². The lowest BCUT2D eigenvalue weighted by molar-refractivity contribution is 0.394. The predicted molar refractivity (Wildman–Crippen MR) is 59.8 cm³/mol. The molecule has 0 aliphatic carbocycles. The second kappa shape index (κ2) is 8.11. The summed E-state index contributed by atoms with van der Waals surface area (Å²) in [5.74, 6) is 0. The molecule has 0 bridgehead atoms. The first-order valence-electron chi connectivity index (χ1n) is 5.32. The zero-order valence-corrected chi connectivity index (χ0v) is 9.40. The Morgan fingerprint density at radius 2 is 1.92 bits per heavy atom. The summed E-state index contributed by atoms with van der Waals surface area (Å²) in [6, 6.07) is 0. The van der Waals surface area contributed by atoms with Crippen molar-refractivity contribution in [3.63, 3.8) is 0 Å². The van der Waals surface area contributed by atoms with E-state index in [9.17, 15) is 0 Å². The molecule has 0 spiro atoms. The third-order valence-electron chi connectivity index (χ3n) is 2.13. The van der Waals surface area contributed by atoms with Gasteiger partial charge in [0.15, 0.2) is 0 Å². The van der Waals surface area contributed by atoms with Gasteiger partial charge in [-0.05, 0) is 19.4 Å². The van der Waals surface area contributed by atoms with E-state index in [2.05, 4.69) is 37.7 Å². The molecular formula is C11H24N2. The number of nitrogens with one attached hydrogen (secondary N) is 1. The van der Waals surface area contributed by atoms with Gasteiger partial charge in [-0.25, -0.2) is 0 Å². The van der Waals surface area contributed by atoms with Crippen molar-refractivity contribution < 1.29 is 0 Å². The molecule has 0 fully saturated rings. The highest BCUT2D eigenvalue weighted by Gasteiger charge is 1.99. The van der Waals surface area contributed by atoms with Gasteiger partial charge in [-0.2, -0.15) is 0 Å². The SMILES string of the molecule is C=C(CCC)N(C)CCNCCC. The predicted octanol–water partition coefficient (Wildman–Crippen LogP) is 2.23. The van der Waals surface area contributed by atoms with Gasteiger partial charge in [0.25, 0.3) is 0 Å². The Morgan fingerprint density at radius 3 is 2.46 bits per heavy atom. The van der Waals surface area contributed by atoms with Gasteiger partial charge in [-0.15, -0.1) is 0 Å². The van der Waals surface area contributed by atoms with E-state index >= 15 is 0 Å². The van der Waals surface area contributed by atoms with Crippen LogP contribution >= 0.6 is 0 Å². The molecule has 0 rings (SSSR count). The van der Waals surface area contributed by atoms with Crippen LogP contribution in [0.25, 0.3) is 0 Å². The van der Waals surface area contributed by atoms with Crippen molar-refractivity contribution in [3.8, 4) is 0 Å². The van der Waals surface area contributed by atoms with Crippen LogP contribution in [0, 0.1) is 0 Å². The highest BCUT2D eigenvalue weighted by molar-refractivity contribution is 4.91. The lowest BCUT2D eigenvalue weighted by Gasteiger charge is -2.21. The zero-order chi connectivity index (χ0) is 10.1. The Bertz CT molecular complexity index is 132. The second-order valence-corrected chi connectivity index (χ2v) is 3.49. The third kappa shape index (κ3) is 6.64. The Morgan fingerprint density at radius 1 is 1.23 bits per heavy atom. The number of rotatable bonds is 8. The van der Waals surface area contributed by atoms with E-state index < -0.39 is 0 Å². The van der Waals surface area contributed by atoms with Crippen molar-refractivity contribution in [2.45, 2.75) is 33.1 Å². The monoisotopic (exact) mass is 184 g/mol. The molecule has 0 amide bonds. The van der Waals surface area contributed by atoms with Crippen molar-refractivity contribution in [3.05, 3.63) is 12.3 Å². The van der Waals surface area contributed by atoms with Gasteiger partial charge in [-0.1, -0.05) is 26.8 Å². The number of likely N-dealkylation sites (N-methyl/N-ethyl adjacent to an activating group) is 1. The minimum Gasteiger partial charge on any atom is -0.377 e. The molecule has 0 aromatic rings. The zero-order valence-electron chi connectivity index (χ0n) is 9.40. The molecule has 78 valence electrons. The normalized spacial score (nSPS) is 10.1. The third-order valence-corrected chi connectivity index (χ3v) is 2.13. The molecule has 2 nitrogen and oxygen atoms in total. The summed E-state index contributed by atoms with van der Waals surface area (Å²) in [4.78, 5) is 2.24. The molecule has 2 heteroatoms. The molecule has 0 heterocycles. The first-order chi connectivity index (χ1) is 6.22. The summed E-state index contributed by atoms with van der Waals surface area (Å²) in [5.41, 5.74) is 1.25. The van der Waals surface area contributed by atoms with Gasteiger partial charge < -0.3 is 10.2 Å². The summed E-state index contributed by atoms with van der Waals surface area (Å²) >= 11 is 0.